The lowest BCUT2D eigenvalue weighted by molar-refractivity contribution is 0.0603. The van der Waals surface area contributed by atoms with Gasteiger partial charge in [-0.2, -0.15) is 0 Å². The van der Waals surface area contributed by atoms with E-state index in [4.69, 9.17) is 0 Å². The minimum absolute atomic E-state index is 0.214. The molecule has 4 heteroatoms. The lowest BCUT2D eigenvalue weighted by atomic mass is 9.89. The van der Waals surface area contributed by atoms with Gasteiger partial charge in [-0.05, 0) is 68.2 Å². The quantitative estimate of drug-likeness (QED) is 0.696. The summed E-state index contributed by atoms with van der Waals surface area (Å²) in [6.07, 6.45) is 3.55. The summed E-state index contributed by atoms with van der Waals surface area (Å²) in [5.74, 6) is 0.0701. The minimum Gasteiger partial charge on any atom is -0.387 e. The molecule has 0 saturated carbocycles. The molecule has 2 aromatic carbocycles. The van der Waals surface area contributed by atoms with Crippen molar-refractivity contribution in [1.82, 2.24) is 9.47 Å². The van der Waals surface area contributed by atoms with Crippen LogP contribution < -0.4 is 0 Å². The molecule has 1 fully saturated rings. The number of piperidine rings is 1. The summed E-state index contributed by atoms with van der Waals surface area (Å²) in [4.78, 5) is 2.31. The van der Waals surface area contributed by atoms with E-state index >= 15 is 0 Å². The van der Waals surface area contributed by atoms with Crippen LogP contribution in [0.3, 0.4) is 0 Å². The number of hydrogen-bond donors (Lipinski definition) is 1. The molecule has 0 amide bonds. The average molecular weight is 378 g/mol. The molecule has 146 valence electrons. The zero-order chi connectivity index (χ0) is 19.5. The molecule has 0 radical (unpaired) electrons. The first-order valence-electron chi connectivity index (χ1n) is 9.98. The molecule has 3 nitrogen and oxygen atoms in total. The van der Waals surface area contributed by atoms with Crippen molar-refractivity contribution < 1.29 is 9.50 Å². The molecule has 1 N–H and O–H groups in total. The van der Waals surface area contributed by atoms with Gasteiger partial charge in [0, 0.05) is 24.0 Å². The normalized spacial score (nSPS) is 17.0. The zero-order valence-corrected chi connectivity index (χ0v) is 16.3. The number of halogens is 1. The molecule has 2 heterocycles. The Balaban J connectivity index is 1.60. The summed E-state index contributed by atoms with van der Waals surface area (Å²) in [5.41, 5.74) is 3.50. The van der Waals surface area contributed by atoms with Gasteiger partial charge in [0.2, 0.25) is 0 Å². The van der Waals surface area contributed by atoms with Crippen LogP contribution in [0.25, 0.3) is 11.1 Å². The lowest BCUT2D eigenvalue weighted by Gasteiger charge is -2.32. The van der Waals surface area contributed by atoms with Gasteiger partial charge in [0.15, 0.2) is 0 Å². The fourth-order valence-electron chi connectivity index (χ4n) is 4.21. The van der Waals surface area contributed by atoms with Crippen molar-refractivity contribution in [2.45, 2.75) is 25.5 Å². The highest BCUT2D eigenvalue weighted by Crippen LogP contribution is 2.32. The summed E-state index contributed by atoms with van der Waals surface area (Å²) in [5, 5.41) is 11.0. The Kier molecular flexibility index (Phi) is 5.60. The molecule has 1 atom stereocenters. The van der Waals surface area contributed by atoms with Gasteiger partial charge >= 0.3 is 0 Å². The number of aromatic nitrogens is 1. The molecule has 1 aromatic heterocycles. The van der Waals surface area contributed by atoms with Gasteiger partial charge in [-0.3, -0.25) is 0 Å². The van der Waals surface area contributed by atoms with Crippen molar-refractivity contribution in [1.29, 1.82) is 0 Å². The summed E-state index contributed by atoms with van der Waals surface area (Å²) >= 11 is 0. The maximum atomic E-state index is 14.4. The van der Waals surface area contributed by atoms with Crippen LogP contribution in [0.15, 0.2) is 66.9 Å². The Labute approximate surface area is 166 Å². The fourth-order valence-corrected chi connectivity index (χ4v) is 4.21. The van der Waals surface area contributed by atoms with E-state index < -0.39 is 6.10 Å². The molecule has 28 heavy (non-hydrogen) atoms. The minimum atomic E-state index is -0.468. The molecule has 1 unspecified atom stereocenters. The second-order valence-corrected chi connectivity index (χ2v) is 7.78. The molecule has 0 bridgehead atoms. The van der Waals surface area contributed by atoms with Crippen molar-refractivity contribution >= 4 is 0 Å². The highest BCUT2D eigenvalue weighted by Gasteiger charge is 2.26. The SMILES string of the molecule is CN1CCC(C(O)c2cccn2Cc2ccccc2-c2ccccc2F)CC1. The molecule has 4 rings (SSSR count). The summed E-state index contributed by atoms with van der Waals surface area (Å²) in [6.45, 7) is 2.66. The number of likely N-dealkylation sites (tertiary alicyclic amines) is 1. The number of aliphatic hydroxyl groups is 1. The monoisotopic (exact) mass is 378 g/mol. The van der Waals surface area contributed by atoms with Crippen molar-refractivity contribution in [3.8, 4) is 11.1 Å². The van der Waals surface area contributed by atoms with Crippen LogP contribution in [0.5, 0.6) is 0 Å². The molecule has 1 saturated heterocycles. The summed E-state index contributed by atoms with van der Waals surface area (Å²) < 4.78 is 16.5. The van der Waals surface area contributed by atoms with Crippen LogP contribution >= 0.6 is 0 Å². The maximum absolute atomic E-state index is 14.4. The Morgan fingerprint density at radius 1 is 0.964 bits per heavy atom. The predicted molar refractivity (Wildman–Crippen MR) is 111 cm³/mol. The summed E-state index contributed by atoms with van der Waals surface area (Å²) in [6, 6.07) is 18.8. The number of hydrogen-bond acceptors (Lipinski definition) is 2. The number of nitrogens with zero attached hydrogens (tertiary/aromatic N) is 2. The third-order valence-corrected chi connectivity index (χ3v) is 5.90. The molecule has 1 aliphatic rings. The molecule has 3 aromatic rings. The van der Waals surface area contributed by atoms with Gasteiger partial charge < -0.3 is 14.6 Å². The topological polar surface area (TPSA) is 28.4 Å². The van der Waals surface area contributed by atoms with E-state index in [0.29, 0.717) is 12.1 Å². The van der Waals surface area contributed by atoms with Crippen molar-refractivity contribution in [2.24, 2.45) is 5.92 Å². The first-order valence-corrected chi connectivity index (χ1v) is 9.98. The van der Waals surface area contributed by atoms with E-state index in [9.17, 15) is 9.50 Å². The first-order chi connectivity index (χ1) is 13.6. The second-order valence-electron chi connectivity index (χ2n) is 7.78. The fraction of sp³-hybridized carbons (Fsp3) is 0.333. The van der Waals surface area contributed by atoms with Gasteiger partial charge in [-0.1, -0.05) is 42.5 Å². The lowest BCUT2D eigenvalue weighted by Crippen LogP contribution is -2.33. The van der Waals surface area contributed by atoms with Crippen LogP contribution in [0.4, 0.5) is 4.39 Å². The van der Waals surface area contributed by atoms with Crippen LogP contribution in [0.1, 0.15) is 30.2 Å². The van der Waals surface area contributed by atoms with Gasteiger partial charge in [0.1, 0.15) is 5.82 Å². The predicted octanol–water partition coefficient (Wildman–Crippen LogP) is 4.72. The van der Waals surface area contributed by atoms with E-state index in [1.807, 2.05) is 54.7 Å². The van der Waals surface area contributed by atoms with Gasteiger partial charge in [0.25, 0.3) is 0 Å². The molecular formula is C24H27FN2O. The van der Waals surface area contributed by atoms with Gasteiger partial charge in [0.05, 0.1) is 6.10 Å². The van der Waals surface area contributed by atoms with E-state index in [1.165, 1.54) is 6.07 Å². The van der Waals surface area contributed by atoms with Crippen molar-refractivity contribution in [2.75, 3.05) is 20.1 Å². The third-order valence-electron chi connectivity index (χ3n) is 5.90. The van der Waals surface area contributed by atoms with Gasteiger partial charge in [-0.25, -0.2) is 4.39 Å². The molecule has 0 aliphatic carbocycles. The zero-order valence-electron chi connectivity index (χ0n) is 16.3. The van der Waals surface area contributed by atoms with E-state index in [2.05, 4.69) is 16.5 Å². The highest BCUT2D eigenvalue weighted by atomic mass is 19.1. The Morgan fingerprint density at radius 3 is 2.39 bits per heavy atom. The van der Waals surface area contributed by atoms with Gasteiger partial charge in [-0.15, -0.1) is 0 Å². The standard InChI is InChI=1S/C24H27FN2O/c1-26-15-12-18(13-16-26)24(28)23-11-6-14-27(23)17-19-7-2-3-8-20(19)21-9-4-5-10-22(21)25/h2-11,14,18,24,28H,12-13,15-17H2,1H3. The van der Waals surface area contributed by atoms with Crippen LogP contribution in [0.2, 0.25) is 0 Å². The van der Waals surface area contributed by atoms with E-state index in [-0.39, 0.29) is 11.7 Å². The summed E-state index contributed by atoms with van der Waals surface area (Å²) in [7, 11) is 2.13. The average Bonchev–Trinajstić information content (AvgIpc) is 3.17. The second kappa shape index (κ2) is 8.29. The molecule has 1 aliphatic heterocycles. The van der Waals surface area contributed by atoms with Crippen molar-refractivity contribution in [3.05, 3.63) is 83.9 Å². The van der Waals surface area contributed by atoms with E-state index in [1.54, 1.807) is 6.07 Å². The largest absolute Gasteiger partial charge is 0.387 e. The third kappa shape index (κ3) is 3.89. The number of benzene rings is 2. The van der Waals surface area contributed by atoms with Crippen LogP contribution in [-0.2, 0) is 6.54 Å². The maximum Gasteiger partial charge on any atom is 0.131 e. The molecule has 0 spiro atoms. The Bertz CT molecular complexity index is 928. The molecular weight excluding hydrogens is 351 g/mol. The highest BCUT2D eigenvalue weighted by molar-refractivity contribution is 5.68. The Morgan fingerprint density at radius 2 is 1.64 bits per heavy atom. The van der Waals surface area contributed by atoms with Crippen molar-refractivity contribution in [3.63, 3.8) is 0 Å². The van der Waals surface area contributed by atoms with Crippen LogP contribution in [-0.4, -0.2) is 34.7 Å². The van der Waals surface area contributed by atoms with Crippen LogP contribution in [0, 0.1) is 11.7 Å². The smallest absolute Gasteiger partial charge is 0.131 e. The first kappa shape index (κ1) is 18.9. The Hall–Kier alpha value is -2.43. The number of aliphatic hydroxyl groups excluding tert-OH is 1. The van der Waals surface area contributed by atoms with E-state index in [0.717, 1.165) is 42.8 Å². The number of rotatable bonds is 5.